The van der Waals surface area contributed by atoms with Crippen molar-refractivity contribution in [2.45, 2.75) is 36.8 Å². The summed E-state index contributed by atoms with van der Waals surface area (Å²) in [6.45, 7) is 4.28. The Balaban J connectivity index is 2.79. The molecule has 3 unspecified atom stereocenters. The number of thioether (sulfide) groups is 1. The van der Waals surface area contributed by atoms with E-state index in [4.69, 9.17) is 10.8 Å². The quantitative estimate of drug-likeness (QED) is 0.798. The first-order chi connectivity index (χ1) is 7.69. The minimum atomic E-state index is 0.112. The second-order valence-electron chi connectivity index (χ2n) is 3.90. The summed E-state index contributed by atoms with van der Waals surface area (Å²) < 4.78 is 0. The van der Waals surface area contributed by atoms with Crippen LogP contribution in [0.15, 0.2) is 24.5 Å². The monoisotopic (exact) mass is 240 g/mol. The molecule has 1 rings (SSSR count). The molecule has 4 heteroatoms. The molecule has 0 saturated carbocycles. The number of pyridine rings is 1. The lowest BCUT2D eigenvalue weighted by Gasteiger charge is -2.25. The lowest BCUT2D eigenvalue weighted by molar-refractivity contribution is 0.299. The van der Waals surface area contributed by atoms with Crippen molar-refractivity contribution >= 4 is 11.8 Å². The first-order valence-electron chi connectivity index (χ1n) is 5.60. The van der Waals surface area contributed by atoms with Crippen LogP contribution in [0.4, 0.5) is 0 Å². The molecule has 0 aliphatic heterocycles. The highest BCUT2D eigenvalue weighted by molar-refractivity contribution is 8.00. The van der Waals surface area contributed by atoms with E-state index in [-0.39, 0.29) is 23.1 Å². The molecule has 3 nitrogen and oxygen atoms in total. The highest BCUT2D eigenvalue weighted by atomic mass is 32.2. The number of nitrogens with two attached hydrogens (primary N) is 1. The molecule has 3 N–H and O–H groups in total. The molecule has 0 radical (unpaired) electrons. The SMILES string of the molecule is CCC(N)C(SC(C)CO)c1ccncc1. The van der Waals surface area contributed by atoms with E-state index in [1.807, 2.05) is 19.1 Å². The van der Waals surface area contributed by atoms with E-state index in [1.54, 1.807) is 24.2 Å². The zero-order valence-corrected chi connectivity index (χ0v) is 10.7. The van der Waals surface area contributed by atoms with Crippen LogP contribution in [0.25, 0.3) is 0 Å². The molecule has 0 aromatic carbocycles. The largest absolute Gasteiger partial charge is 0.395 e. The van der Waals surface area contributed by atoms with Crippen LogP contribution in [0.5, 0.6) is 0 Å². The van der Waals surface area contributed by atoms with Gasteiger partial charge in [0.25, 0.3) is 0 Å². The predicted octanol–water partition coefficient (Wildman–Crippen LogP) is 1.97. The zero-order valence-electron chi connectivity index (χ0n) is 9.84. The van der Waals surface area contributed by atoms with Gasteiger partial charge in [-0.3, -0.25) is 4.98 Å². The fourth-order valence-corrected chi connectivity index (χ4v) is 2.78. The van der Waals surface area contributed by atoms with E-state index < -0.39 is 0 Å². The third-order valence-electron chi connectivity index (χ3n) is 2.53. The van der Waals surface area contributed by atoms with Crippen LogP contribution < -0.4 is 5.73 Å². The van der Waals surface area contributed by atoms with Gasteiger partial charge in [-0.1, -0.05) is 13.8 Å². The van der Waals surface area contributed by atoms with Gasteiger partial charge in [0.05, 0.1) is 6.61 Å². The molecular formula is C12H20N2OS. The molecular weight excluding hydrogens is 220 g/mol. The van der Waals surface area contributed by atoms with Gasteiger partial charge in [0.2, 0.25) is 0 Å². The van der Waals surface area contributed by atoms with Crippen LogP contribution in [-0.4, -0.2) is 28.0 Å². The molecule has 3 atom stereocenters. The van der Waals surface area contributed by atoms with Crippen molar-refractivity contribution in [1.29, 1.82) is 0 Å². The number of hydrogen-bond acceptors (Lipinski definition) is 4. The summed E-state index contributed by atoms with van der Waals surface area (Å²) in [5.41, 5.74) is 7.32. The van der Waals surface area contributed by atoms with E-state index in [9.17, 15) is 0 Å². The van der Waals surface area contributed by atoms with Gasteiger partial charge in [-0.2, -0.15) is 0 Å². The van der Waals surface area contributed by atoms with Crippen LogP contribution in [0.2, 0.25) is 0 Å². The summed E-state index contributed by atoms with van der Waals surface area (Å²) in [5.74, 6) is 0. The molecule has 1 aromatic rings. The van der Waals surface area contributed by atoms with Crippen LogP contribution in [0.1, 0.15) is 31.1 Å². The topological polar surface area (TPSA) is 59.1 Å². The number of aliphatic hydroxyl groups excluding tert-OH is 1. The summed E-state index contributed by atoms with van der Waals surface area (Å²) in [7, 11) is 0. The van der Waals surface area contributed by atoms with Crippen LogP contribution in [0, 0.1) is 0 Å². The van der Waals surface area contributed by atoms with Crippen molar-refractivity contribution in [3.8, 4) is 0 Å². The molecule has 0 amide bonds. The fraction of sp³-hybridized carbons (Fsp3) is 0.583. The standard InChI is InChI=1S/C12H20N2OS/c1-3-11(13)12(16-9(2)8-15)10-4-6-14-7-5-10/h4-7,9,11-12,15H,3,8,13H2,1-2H3. The minimum absolute atomic E-state index is 0.112. The normalized spacial score (nSPS) is 16.8. The fourth-order valence-electron chi connectivity index (χ4n) is 1.49. The first kappa shape index (κ1) is 13.5. The number of nitrogens with zero attached hydrogens (tertiary/aromatic N) is 1. The van der Waals surface area contributed by atoms with E-state index in [0.717, 1.165) is 6.42 Å². The summed E-state index contributed by atoms with van der Waals surface area (Å²) in [6, 6.07) is 4.11. The molecule has 0 bridgehead atoms. The zero-order chi connectivity index (χ0) is 12.0. The van der Waals surface area contributed by atoms with Crippen molar-refractivity contribution in [3.63, 3.8) is 0 Å². The molecule has 1 aromatic heterocycles. The Hall–Kier alpha value is -0.580. The number of rotatable bonds is 6. The van der Waals surface area contributed by atoms with Gasteiger partial charge in [-0.25, -0.2) is 0 Å². The number of hydrogen-bond donors (Lipinski definition) is 2. The van der Waals surface area contributed by atoms with E-state index in [1.165, 1.54) is 5.56 Å². The summed E-state index contributed by atoms with van der Waals surface area (Å²) in [4.78, 5) is 4.01. The molecule has 0 saturated heterocycles. The smallest absolute Gasteiger partial charge is 0.0547 e. The second kappa shape index (κ2) is 6.89. The maximum absolute atomic E-state index is 9.11. The van der Waals surface area contributed by atoms with E-state index in [2.05, 4.69) is 11.9 Å². The van der Waals surface area contributed by atoms with Crippen molar-refractivity contribution in [1.82, 2.24) is 4.98 Å². The molecule has 90 valence electrons. The third-order valence-corrected chi connectivity index (χ3v) is 4.06. The van der Waals surface area contributed by atoms with Crippen LogP contribution in [0.3, 0.4) is 0 Å². The predicted molar refractivity (Wildman–Crippen MR) is 69.4 cm³/mol. The van der Waals surface area contributed by atoms with Gasteiger partial charge >= 0.3 is 0 Å². The molecule has 16 heavy (non-hydrogen) atoms. The first-order valence-corrected chi connectivity index (χ1v) is 6.55. The Morgan fingerprint density at radius 1 is 1.44 bits per heavy atom. The summed E-state index contributed by atoms with van der Waals surface area (Å²) in [6.07, 6.45) is 4.50. The van der Waals surface area contributed by atoms with Gasteiger partial charge in [0, 0.05) is 28.9 Å². The Kier molecular flexibility index (Phi) is 5.80. The molecule has 0 aliphatic rings. The summed E-state index contributed by atoms with van der Waals surface area (Å²) >= 11 is 1.73. The lowest BCUT2D eigenvalue weighted by Crippen LogP contribution is -2.27. The molecule has 0 aliphatic carbocycles. The van der Waals surface area contributed by atoms with Gasteiger partial charge in [0.15, 0.2) is 0 Å². The van der Waals surface area contributed by atoms with Gasteiger partial charge < -0.3 is 10.8 Å². The maximum Gasteiger partial charge on any atom is 0.0547 e. The second-order valence-corrected chi connectivity index (χ2v) is 5.49. The molecule has 0 spiro atoms. The Labute approximate surface area is 101 Å². The Morgan fingerprint density at radius 3 is 2.56 bits per heavy atom. The Bertz CT molecular complexity index is 294. The number of aromatic nitrogens is 1. The van der Waals surface area contributed by atoms with Crippen molar-refractivity contribution in [2.24, 2.45) is 5.73 Å². The Morgan fingerprint density at radius 2 is 2.06 bits per heavy atom. The average molecular weight is 240 g/mol. The third kappa shape index (κ3) is 3.77. The molecule has 1 heterocycles. The van der Waals surface area contributed by atoms with Crippen molar-refractivity contribution in [2.75, 3.05) is 6.61 Å². The van der Waals surface area contributed by atoms with Gasteiger partial charge in [-0.15, -0.1) is 11.8 Å². The van der Waals surface area contributed by atoms with Crippen molar-refractivity contribution < 1.29 is 5.11 Å². The lowest BCUT2D eigenvalue weighted by atomic mass is 10.1. The summed E-state index contributed by atoms with van der Waals surface area (Å²) in [5, 5.41) is 9.55. The highest BCUT2D eigenvalue weighted by Crippen LogP contribution is 2.34. The van der Waals surface area contributed by atoms with Crippen molar-refractivity contribution in [3.05, 3.63) is 30.1 Å². The highest BCUT2D eigenvalue weighted by Gasteiger charge is 2.21. The van der Waals surface area contributed by atoms with E-state index >= 15 is 0 Å². The molecule has 0 fully saturated rings. The van der Waals surface area contributed by atoms with Gasteiger partial charge in [0.1, 0.15) is 0 Å². The minimum Gasteiger partial charge on any atom is -0.395 e. The maximum atomic E-state index is 9.11. The van der Waals surface area contributed by atoms with E-state index in [0.29, 0.717) is 0 Å². The van der Waals surface area contributed by atoms with Gasteiger partial charge in [-0.05, 0) is 24.1 Å². The van der Waals surface area contributed by atoms with Crippen LogP contribution in [-0.2, 0) is 0 Å². The number of aliphatic hydroxyl groups is 1. The van der Waals surface area contributed by atoms with Crippen LogP contribution >= 0.6 is 11.8 Å². The average Bonchev–Trinajstić information content (AvgIpc) is 2.35.